The summed E-state index contributed by atoms with van der Waals surface area (Å²) in [5.74, 6) is 0.782. The van der Waals surface area contributed by atoms with Crippen LogP contribution in [0.1, 0.15) is 46.4 Å². The van der Waals surface area contributed by atoms with Gasteiger partial charge in [-0.1, -0.05) is 0 Å². The smallest absolute Gasteiger partial charge is 0.255 e. The summed E-state index contributed by atoms with van der Waals surface area (Å²) in [5, 5.41) is 5.38. The van der Waals surface area contributed by atoms with Crippen molar-refractivity contribution < 1.29 is 19.1 Å². The molecule has 6 nitrogen and oxygen atoms in total. The molecule has 27 heavy (non-hydrogen) atoms. The topological polar surface area (TPSA) is 76.7 Å². The monoisotopic (exact) mass is 368 g/mol. The predicted octanol–water partition coefficient (Wildman–Crippen LogP) is 3.63. The molecule has 0 aliphatic heterocycles. The van der Waals surface area contributed by atoms with E-state index in [-0.39, 0.29) is 17.9 Å². The minimum Gasteiger partial charge on any atom is -0.493 e. The normalized spacial score (nSPS) is 13.9. The molecule has 3 rings (SSSR count). The third-order valence-electron chi connectivity index (χ3n) is 4.65. The molecule has 0 unspecified atom stereocenters. The summed E-state index contributed by atoms with van der Waals surface area (Å²) in [6, 6.07) is 11.9. The zero-order valence-corrected chi connectivity index (χ0v) is 15.6. The van der Waals surface area contributed by atoms with Gasteiger partial charge in [0, 0.05) is 23.9 Å². The molecule has 1 aliphatic rings. The van der Waals surface area contributed by atoms with Crippen molar-refractivity contribution in [3.63, 3.8) is 0 Å². The molecule has 2 aromatic carbocycles. The summed E-state index contributed by atoms with van der Waals surface area (Å²) in [7, 11) is 3.14. The standard InChI is InChI=1S/C21H24N2O4/c1-22-20(24)14-7-10-16(11-8-14)23-21(25)15-9-12-18(19(13-15)26-2)27-17-5-3-4-6-17/h7-13,17H,3-6H2,1-2H3,(H,22,24)(H,23,25). The Bertz CT molecular complexity index is 811. The molecule has 1 fully saturated rings. The van der Waals surface area contributed by atoms with Crippen LogP contribution in [-0.2, 0) is 0 Å². The van der Waals surface area contributed by atoms with Crippen LogP contribution in [0.4, 0.5) is 5.69 Å². The van der Waals surface area contributed by atoms with E-state index in [1.54, 1.807) is 56.6 Å². The van der Waals surface area contributed by atoms with E-state index in [2.05, 4.69) is 10.6 Å². The van der Waals surface area contributed by atoms with Gasteiger partial charge >= 0.3 is 0 Å². The lowest BCUT2D eigenvalue weighted by Gasteiger charge is -2.16. The Morgan fingerprint density at radius 3 is 2.22 bits per heavy atom. The minimum absolute atomic E-state index is 0.171. The minimum atomic E-state index is -0.256. The van der Waals surface area contributed by atoms with Gasteiger partial charge in [-0.15, -0.1) is 0 Å². The Labute approximate surface area is 158 Å². The number of anilines is 1. The molecule has 0 spiro atoms. The third-order valence-corrected chi connectivity index (χ3v) is 4.65. The summed E-state index contributed by atoms with van der Waals surface area (Å²) < 4.78 is 11.4. The first-order valence-electron chi connectivity index (χ1n) is 9.09. The highest BCUT2D eigenvalue weighted by Crippen LogP contribution is 2.32. The van der Waals surface area contributed by atoms with Crippen LogP contribution in [-0.4, -0.2) is 32.1 Å². The molecule has 0 atom stereocenters. The molecular formula is C21H24N2O4. The summed E-state index contributed by atoms with van der Waals surface area (Å²) in [6.07, 6.45) is 4.70. The highest BCUT2D eigenvalue weighted by Gasteiger charge is 2.19. The molecule has 0 saturated heterocycles. The molecule has 0 heterocycles. The van der Waals surface area contributed by atoms with Gasteiger partial charge in [-0.25, -0.2) is 0 Å². The Balaban J connectivity index is 1.69. The number of nitrogens with one attached hydrogen (secondary N) is 2. The predicted molar refractivity (Wildman–Crippen MR) is 104 cm³/mol. The quantitative estimate of drug-likeness (QED) is 0.816. The number of benzene rings is 2. The van der Waals surface area contributed by atoms with Gasteiger partial charge in [0.05, 0.1) is 13.2 Å². The van der Waals surface area contributed by atoms with E-state index >= 15 is 0 Å². The Hall–Kier alpha value is -3.02. The van der Waals surface area contributed by atoms with E-state index in [0.717, 1.165) is 12.8 Å². The number of hydrogen-bond donors (Lipinski definition) is 2. The van der Waals surface area contributed by atoms with E-state index in [1.807, 2.05) is 0 Å². The molecule has 2 aromatic rings. The van der Waals surface area contributed by atoms with E-state index in [1.165, 1.54) is 12.8 Å². The zero-order valence-electron chi connectivity index (χ0n) is 15.6. The van der Waals surface area contributed by atoms with E-state index in [9.17, 15) is 9.59 Å². The fraction of sp³-hybridized carbons (Fsp3) is 0.333. The Kier molecular flexibility index (Phi) is 5.96. The lowest BCUT2D eigenvalue weighted by Crippen LogP contribution is -2.18. The molecule has 1 saturated carbocycles. The molecule has 0 radical (unpaired) electrons. The fourth-order valence-electron chi connectivity index (χ4n) is 3.14. The number of carbonyl (C=O) groups excluding carboxylic acids is 2. The number of ether oxygens (including phenoxy) is 2. The largest absolute Gasteiger partial charge is 0.493 e. The first-order valence-corrected chi connectivity index (χ1v) is 9.09. The maximum atomic E-state index is 12.5. The summed E-state index contributed by atoms with van der Waals surface area (Å²) >= 11 is 0. The van der Waals surface area contributed by atoms with Crippen molar-refractivity contribution in [1.82, 2.24) is 5.32 Å². The van der Waals surface area contributed by atoms with Gasteiger partial charge in [-0.2, -0.15) is 0 Å². The van der Waals surface area contributed by atoms with E-state index < -0.39 is 0 Å². The van der Waals surface area contributed by atoms with Crippen LogP contribution in [0.2, 0.25) is 0 Å². The van der Waals surface area contributed by atoms with Crippen molar-refractivity contribution in [2.75, 3.05) is 19.5 Å². The van der Waals surface area contributed by atoms with Gasteiger partial charge in [0.2, 0.25) is 0 Å². The lowest BCUT2D eigenvalue weighted by molar-refractivity contribution is 0.0962. The van der Waals surface area contributed by atoms with Crippen LogP contribution in [0.5, 0.6) is 11.5 Å². The third kappa shape index (κ3) is 4.58. The van der Waals surface area contributed by atoms with Gasteiger partial charge < -0.3 is 20.1 Å². The fourth-order valence-corrected chi connectivity index (χ4v) is 3.14. The van der Waals surface area contributed by atoms with Crippen LogP contribution in [0.25, 0.3) is 0 Å². The maximum Gasteiger partial charge on any atom is 0.255 e. The first kappa shape index (κ1) is 18.8. The summed E-state index contributed by atoms with van der Waals surface area (Å²) in [4.78, 5) is 24.1. The number of carbonyl (C=O) groups is 2. The average Bonchev–Trinajstić information content (AvgIpc) is 3.21. The second-order valence-electron chi connectivity index (χ2n) is 6.50. The zero-order chi connectivity index (χ0) is 19.2. The average molecular weight is 368 g/mol. The Morgan fingerprint density at radius 2 is 1.59 bits per heavy atom. The van der Waals surface area contributed by atoms with Crippen molar-refractivity contribution in [2.45, 2.75) is 31.8 Å². The van der Waals surface area contributed by atoms with Crippen LogP contribution in [0.15, 0.2) is 42.5 Å². The van der Waals surface area contributed by atoms with Crippen molar-refractivity contribution in [3.8, 4) is 11.5 Å². The van der Waals surface area contributed by atoms with E-state index in [0.29, 0.717) is 28.3 Å². The van der Waals surface area contributed by atoms with Crippen LogP contribution in [0.3, 0.4) is 0 Å². The van der Waals surface area contributed by atoms with Gasteiger partial charge in [0.25, 0.3) is 11.8 Å². The molecule has 0 bridgehead atoms. The first-order chi connectivity index (χ1) is 13.1. The van der Waals surface area contributed by atoms with Crippen molar-refractivity contribution in [1.29, 1.82) is 0 Å². The van der Waals surface area contributed by atoms with Gasteiger partial charge in [-0.05, 0) is 68.1 Å². The highest BCUT2D eigenvalue weighted by molar-refractivity contribution is 6.05. The van der Waals surface area contributed by atoms with Crippen molar-refractivity contribution in [3.05, 3.63) is 53.6 Å². The maximum absolute atomic E-state index is 12.5. The SMILES string of the molecule is CNC(=O)c1ccc(NC(=O)c2ccc(OC3CCCC3)c(OC)c2)cc1. The van der Waals surface area contributed by atoms with Gasteiger partial charge in [0.15, 0.2) is 11.5 Å². The van der Waals surface area contributed by atoms with Crippen LogP contribution < -0.4 is 20.1 Å². The number of amides is 2. The molecular weight excluding hydrogens is 344 g/mol. The highest BCUT2D eigenvalue weighted by atomic mass is 16.5. The Morgan fingerprint density at radius 1 is 0.926 bits per heavy atom. The second kappa shape index (κ2) is 8.58. The summed E-state index contributed by atoms with van der Waals surface area (Å²) in [5.41, 5.74) is 1.62. The van der Waals surface area contributed by atoms with Crippen molar-refractivity contribution >= 4 is 17.5 Å². The molecule has 142 valence electrons. The second-order valence-corrected chi connectivity index (χ2v) is 6.50. The molecule has 2 N–H and O–H groups in total. The number of hydrogen-bond acceptors (Lipinski definition) is 4. The molecule has 6 heteroatoms. The van der Waals surface area contributed by atoms with Gasteiger partial charge in [0.1, 0.15) is 0 Å². The van der Waals surface area contributed by atoms with Gasteiger partial charge in [-0.3, -0.25) is 9.59 Å². The molecule has 2 amide bonds. The summed E-state index contributed by atoms with van der Waals surface area (Å²) in [6.45, 7) is 0. The molecule has 0 aromatic heterocycles. The number of rotatable bonds is 6. The lowest BCUT2D eigenvalue weighted by atomic mass is 10.1. The van der Waals surface area contributed by atoms with Crippen molar-refractivity contribution in [2.24, 2.45) is 0 Å². The molecule has 1 aliphatic carbocycles. The number of methoxy groups -OCH3 is 1. The van der Waals surface area contributed by atoms with Crippen LogP contribution >= 0.6 is 0 Å². The van der Waals surface area contributed by atoms with E-state index in [4.69, 9.17) is 9.47 Å². The van der Waals surface area contributed by atoms with Crippen LogP contribution in [0, 0.1) is 0 Å².